The lowest BCUT2D eigenvalue weighted by Crippen LogP contribution is -2.65. The zero-order valence-electron chi connectivity index (χ0n) is 26.8. The van der Waals surface area contributed by atoms with Gasteiger partial charge in [-0.1, -0.05) is 50.8 Å². The molecule has 1 heterocycles. The van der Waals surface area contributed by atoms with Crippen LogP contribution in [0.3, 0.4) is 0 Å². The molecule has 0 radical (unpaired) electrons. The third kappa shape index (κ3) is 7.90. The highest BCUT2D eigenvalue weighted by atomic mass is 16.7. The Labute approximate surface area is 260 Å². The molecule has 4 N–H and O–H groups in total. The summed E-state index contributed by atoms with van der Waals surface area (Å²) in [6.45, 7) is 12.9. The van der Waals surface area contributed by atoms with Crippen LogP contribution in [0, 0.1) is 46.1 Å². The van der Waals surface area contributed by atoms with Crippen molar-refractivity contribution in [1.29, 1.82) is 0 Å². The number of carbonyl (C=O) groups is 2. The highest BCUT2D eigenvalue weighted by Gasteiger charge is 2.68. The summed E-state index contributed by atoms with van der Waals surface area (Å²) in [5, 5.41) is 13.0. The lowest BCUT2D eigenvalue weighted by atomic mass is 9.43. The first-order valence-electron chi connectivity index (χ1n) is 15.7. The molecule has 1 aliphatic heterocycles. The summed E-state index contributed by atoms with van der Waals surface area (Å²) >= 11 is 0. The maximum Gasteiger partial charge on any atom is 0.481 e. The van der Waals surface area contributed by atoms with Crippen LogP contribution in [0.2, 0.25) is 0 Å². The van der Waals surface area contributed by atoms with Crippen LogP contribution in [0.15, 0.2) is 29.3 Å². The molecule has 5 rings (SSSR count). The molecule has 1 aromatic carbocycles. The summed E-state index contributed by atoms with van der Waals surface area (Å²) in [7, 11) is -0.578. The number of ketones is 1. The molecular formula is C31H48BN5O7. The quantitative estimate of drug-likeness (QED) is 0.0668. The first-order valence-corrected chi connectivity index (χ1v) is 15.7. The van der Waals surface area contributed by atoms with E-state index >= 15 is 0 Å². The number of nitro groups is 1. The van der Waals surface area contributed by atoms with E-state index in [2.05, 4.69) is 44.9 Å². The summed E-state index contributed by atoms with van der Waals surface area (Å²) in [6, 6.07) is 7.41. The van der Waals surface area contributed by atoms with Crippen LogP contribution in [0.4, 0.5) is 0 Å². The second-order valence-corrected chi connectivity index (χ2v) is 13.9. The summed E-state index contributed by atoms with van der Waals surface area (Å²) in [5.41, 5.74) is 8.21. The van der Waals surface area contributed by atoms with Crippen LogP contribution >= 0.6 is 0 Å². The van der Waals surface area contributed by atoms with Gasteiger partial charge in [-0.3, -0.25) is 9.59 Å². The Morgan fingerprint density at radius 1 is 1.23 bits per heavy atom. The van der Waals surface area contributed by atoms with Crippen molar-refractivity contribution >= 4 is 24.8 Å². The van der Waals surface area contributed by atoms with Gasteiger partial charge in [0.25, 0.3) is 5.96 Å². The molecule has 3 aliphatic carbocycles. The van der Waals surface area contributed by atoms with E-state index in [-0.39, 0.29) is 60.6 Å². The average Bonchev–Trinajstić information content (AvgIpc) is 3.30. The Balaban J connectivity index is 1.42. The predicted octanol–water partition coefficient (Wildman–Crippen LogP) is 3.62. The van der Waals surface area contributed by atoms with Crippen LogP contribution < -0.4 is 21.2 Å². The van der Waals surface area contributed by atoms with E-state index in [1.165, 1.54) is 0 Å². The fourth-order valence-electron chi connectivity index (χ4n) is 7.24. The number of benzene rings is 1. The van der Waals surface area contributed by atoms with Crippen LogP contribution in [0.1, 0.15) is 78.7 Å². The van der Waals surface area contributed by atoms with Crippen molar-refractivity contribution in [3.8, 4) is 5.75 Å². The molecule has 13 heteroatoms. The minimum absolute atomic E-state index is 0.0109. The summed E-state index contributed by atoms with van der Waals surface area (Å²) in [5.74, 6) is 0.0156. The molecule has 242 valence electrons. The van der Waals surface area contributed by atoms with Crippen LogP contribution in [0.25, 0.3) is 0 Å². The summed E-state index contributed by atoms with van der Waals surface area (Å²) in [4.78, 5) is 41.4. The van der Waals surface area contributed by atoms with Gasteiger partial charge in [-0.15, -0.1) is 0 Å². The summed E-state index contributed by atoms with van der Waals surface area (Å²) in [6.07, 6.45) is 3.43. The van der Waals surface area contributed by atoms with E-state index in [1.54, 1.807) is 17.6 Å². The van der Waals surface area contributed by atoms with E-state index in [0.29, 0.717) is 36.8 Å². The van der Waals surface area contributed by atoms with E-state index in [1.807, 2.05) is 19.1 Å². The lowest BCUT2D eigenvalue weighted by Gasteiger charge is -2.64. The number of carbonyl (C=O) groups excluding carboxylic acids is 2. The van der Waals surface area contributed by atoms with Crippen molar-refractivity contribution in [3.63, 3.8) is 0 Å². The van der Waals surface area contributed by atoms with Gasteiger partial charge >= 0.3 is 7.12 Å². The highest BCUT2D eigenvalue weighted by Crippen LogP contribution is 2.65. The number of nitrogens with two attached hydrogens (primary N) is 1. The molecule has 1 amide bonds. The minimum Gasteiger partial charge on any atom is -0.486 e. The molecule has 0 spiro atoms. The zero-order chi connectivity index (χ0) is 32.2. The number of guanidine groups is 1. The molecule has 1 aromatic rings. The Kier molecular flexibility index (Phi) is 10.6. The first-order chi connectivity index (χ1) is 20.7. The molecule has 0 unspecified atom stereocenters. The lowest BCUT2D eigenvalue weighted by molar-refractivity contribution is -0.525. The molecule has 1 saturated heterocycles. The molecule has 4 fully saturated rings. The number of hydrogen-bond donors (Lipinski definition) is 3. The van der Waals surface area contributed by atoms with Crippen molar-refractivity contribution in [2.24, 2.45) is 39.8 Å². The van der Waals surface area contributed by atoms with Crippen molar-refractivity contribution < 1.29 is 28.7 Å². The number of Topliss-reactive ketones (excluding diaryl/α,β-unsaturated/α-hetero) is 1. The number of hydrazine groups is 1. The van der Waals surface area contributed by atoms with Crippen LogP contribution in [0.5, 0.6) is 5.75 Å². The molecule has 0 aromatic heterocycles. The number of aliphatic imine (C=N–C) groups is 1. The van der Waals surface area contributed by atoms with Crippen LogP contribution in [-0.4, -0.2) is 60.6 Å². The number of ether oxygens (including phenoxy) is 1. The maximum absolute atomic E-state index is 13.8. The number of nitrogens with one attached hydrogen (secondary N) is 2. The Morgan fingerprint density at radius 2 is 1.93 bits per heavy atom. The van der Waals surface area contributed by atoms with Crippen molar-refractivity contribution in [1.82, 2.24) is 10.7 Å². The fraction of sp³-hybridized carbons (Fsp3) is 0.710. The number of hydrogen-bond acceptors (Lipinski definition) is 8. The van der Waals surface area contributed by atoms with E-state index in [4.69, 9.17) is 19.8 Å². The average molecular weight is 614 g/mol. The Morgan fingerprint density at radius 3 is 2.57 bits per heavy atom. The normalized spacial score (nSPS) is 26.8. The van der Waals surface area contributed by atoms with Gasteiger partial charge in [-0.25, -0.2) is 15.1 Å². The second-order valence-electron chi connectivity index (χ2n) is 13.9. The van der Waals surface area contributed by atoms with Gasteiger partial charge in [0.05, 0.1) is 17.6 Å². The van der Waals surface area contributed by atoms with Gasteiger partial charge in [0.2, 0.25) is 5.91 Å². The number of amides is 1. The number of aryl methyl sites for hydroxylation is 1. The standard InChI is InChI=1S/C31H48BN5O7/c1-19(2)14-27(32-43-26-17-22-16-25(30(22,4)5)31(26,6)44-32)35-28(39)21(8-7-13-34-29(33)36-37(40)41)15-23(38)18-42-24-11-9-20(3)10-12-24/h9-12,19,21-22,25-27H,7-8,13-18H2,1-6H3,(H,35,39)(H3,33,34,36)/t21-,22+,25+,26-,27+,31+/m1/s1. The maximum atomic E-state index is 13.8. The summed E-state index contributed by atoms with van der Waals surface area (Å²) < 4.78 is 18.9. The smallest absolute Gasteiger partial charge is 0.481 e. The topological polar surface area (TPSA) is 167 Å². The molecule has 4 aliphatic rings. The second kappa shape index (κ2) is 13.8. The molecule has 44 heavy (non-hydrogen) atoms. The van der Waals surface area contributed by atoms with Gasteiger partial charge in [-0.05, 0) is 81.3 Å². The van der Waals surface area contributed by atoms with Gasteiger partial charge in [0.15, 0.2) is 10.8 Å². The SMILES string of the molecule is Cc1ccc(OCC(=O)C[C@@H](CCCN=C(N)N[N+](=O)[O-])C(=O)N[C@@H](CC(C)C)B2O[C@@H]3C[C@@H]4C[C@@H](C4(C)C)[C@]3(C)O2)cc1. The fourth-order valence-corrected chi connectivity index (χ4v) is 7.24. The number of rotatable bonds is 15. The van der Waals surface area contributed by atoms with E-state index < -0.39 is 23.7 Å². The van der Waals surface area contributed by atoms with Gasteiger partial charge in [0.1, 0.15) is 12.4 Å². The minimum atomic E-state index is -0.787. The molecule has 6 atom stereocenters. The van der Waals surface area contributed by atoms with Gasteiger partial charge < -0.3 is 25.1 Å². The number of nitrogens with zero attached hydrogens (tertiary/aromatic N) is 2. The Hall–Kier alpha value is -3.19. The first kappa shape index (κ1) is 33.7. The van der Waals surface area contributed by atoms with E-state index in [9.17, 15) is 19.7 Å². The van der Waals surface area contributed by atoms with Gasteiger partial charge in [0, 0.05) is 18.9 Å². The predicted molar refractivity (Wildman–Crippen MR) is 167 cm³/mol. The molecule has 12 nitrogen and oxygen atoms in total. The van der Waals surface area contributed by atoms with Crippen molar-refractivity contribution in [3.05, 3.63) is 39.9 Å². The van der Waals surface area contributed by atoms with Crippen molar-refractivity contribution in [2.75, 3.05) is 13.2 Å². The third-order valence-electron chi connectivity index (χ3n) is 9.81. The van der Waals surface area contributed by atoms with Crippen molar-refractivity contribution in [2.45, 2.75) is 97.7 Å². The van der Waals surface area contributed by atoms with Crippen LogP contribution in [-0.2, 0) is 18.9 Å². The Bertz CT molecular complexity index is 1230. The zero-order valence-corrected chi connectivity index (χ0v) is 26.8. The largest absolute Gasteiger partial charge is 0.486 e. The molecule has 3 saturated carbocycles. The molecule has 2 bridgehead atoms. The van der Waals surface area contributed by atoms with E-state index in [0.717, 1.165) is 18.4 Å². The highest BCUT2D eigenvalue weighted by molar-refractivity contribution is 6.47. The van der Waals surface area contributed by atoms with Gasteiger partial charge in [-0.2, -0.15) is 0 Å². The monoisotopic (exact) mass is 613 g/mol. The molecular weight excluding hydrogens is 565 g/mol. The third-order valence-corrected chi connectivity index (χ3v) is 9.81.